The molecule has 0 spiro atoms. The van der Waals surface area contributed by atoms with E-state index in [0.29, 0.717) is 4.99 Å². The number of aryl methyl sites for hydroxylation is 1. The topological polar surface area (TPSA) is 43.8 Å². The quantitative estimate of drug-likeness (QED) is 0.634. The molecule has 0 aliphatic rings. The van der Waals surface area contributed by atoms with Crippen molar-refractivity contribution in [2.45, 2.75) is 13.5 Å². The van der Waals surface area contributed by atoms with E-state index in [1.54, 1.807) is 12.5 Å². The van der Waals surface area contributed by atoms with Crippen LogP contribution in [0.25, 0.3) is 0 Å². The SMILES string of the molecule is CCn1cncc1C(N)=S. The fourth-order valence-electron chi connectivity index (χ4n) is 0.778. The van der Waals surface area contributed by atoms with Gasteiger partial charge in [-0.2, -0.15) is 0 Å². The number of thiocarbonyl (C=S) groups is 1. The Morgan fingerprint density at radius 2 is 2.60 bits per heavy atom. The molecule has 0 unspecified atom stereocenters. The highest BCUT2D eigenvalue weighted by atomic mass is 32.1. The first kappa shape index (κ1) is 7.21. The zero-order chi connectivity index (χ0) is 7.56. The van der Waals surface area contributed by atoms with Gasteiger partial charge in [-0.1, -0.05) is 12.2 Å². The van der Waals surface area contributed by atoms with E-state index in [-0.39, 0.29) is 0 Å². The van der Waals surface area contributed by atoms with E-state index in [9.17, 15) is 0 Å². The van der Waals surface area contributed by atoms with Crippen molar-refractivity contribution >= 4 is 17.2 Å². The average molecular weight is 155 g/mol. The van der Waals surface area contributed by atoms with Gasteiger partial charge < -0.3 is 10.3 Å². The number of imidazole rings is 1. The first-order valence-electron chi connectivity index (χ1n) is 3.05. The highest BCUT2D eigenvalue weighted by Gasteiger charge is 2.00. The Hall–Kier alpha value is -0.900. The van der Waals surface area contributed by atoms with Gasteiger partial charge in [-0.25, -0.2) is 4.98 Å². The van der Waals surface area contributed by atoms with E-state index in [1.165, 1.54) is 0 Å². The predicted octanol–water partition coefficient (Wildman–Crippen LogP) is 0.537. The fraction of sp³-hybridized carbons (Fsp3) is 0.333. The van der Waals surface area contributed by atoms with E-state index in [2.05, 4.69) is 4.98 Å². The van der Waals surface area contributed by atoms with Gasteiger partial charge in [-0.05, 0) is 6.92 Å². The number of nitrogens with two attached hydrogens (primary N) is 1. The first-order chi connectivity index (χ1) is 4.75. The van der Waals surface area contributed by atoms with Crippen molar-refractivity contribution in [3.8, 4) is 0 Å². The van der Waals surface area contributed by atoms with Crippen LogP contribution in [0.3, 0.4) is 0 Å². The van der Waals surface area contributed by atoms with Crippen molar-refractivity contribution in [2.24, 2.45) is 5.73 Å². The molecule has 0 bridgehead atoms. The maximum absolute atomic E-state index is 5.41. The van der Waals surface area contributed by atoms with Crippen LogP contribution in [0.1, 0.15) is 12.6 Å². The Bertz CT molecular complexity index is 241. The van der Waals surface area contributed by atoms with E-state index < -0.39 is 0 Å². The van der Waals surface area contributed by atoms with Crippen LogP contribution in [-0.4, -0.2) is 14.5 Å². The summed E-state index contributed by atoms with van der Waals surface area (Å²) in [5.74, 6) is 0. The van der Waals surface area contributed by atoms with Crippen LogP contribution in [0.15, 0.2) is 12.5 Å². The van der Waals surface area contributed by atoms with Gasteiger partial charge in [0.25, 0.3) is 0 Å². The third kappa shape index (κ3) is 1.16. The second-order valence-electron chi connectivity index (χ2n) is 1.93. The molecule has 10 heavy (non-hydrogen) atoms. The molecule has 0 saturated heterocycles. The maximum atomic E-state index is 5.41. The molecule has 2 N–H and O–H groups in total. The number of rotatable bonds is 2. The van der Waals surface area contributed by atoms with Gasteiger partial charge in [0.2, 0.25) is 0 Å². The van der Waals surface area contributed by atoms with Crippen LogP contribution in [-0.2, 0) is 6.54 Å². The summed E-state index contributed by atoms with van der Waals surface area (Å²) < 4.78 is 1.91. The summed E-state index contributed by atoms with van der Waals surface area (Å²) in [4.78, 5) is 4.31. The summed E-state index contributed by atoms with van der Waals surface area (Å²) in [5.41, 5.74) is 6.24. The molecule has 4 heteroatoms. The van der Waals surface area contributed by atoms with Gasteiger partial charge in [0, 0.05) is 6.54 Å². The van der Waals surface area contributed by atoms with E-state index >= 15 is 0 Å². The fourth-order valence-corrected chi connectivity index (χ4v) is 0.948. The third-order valence-corrected chi connectivity index (χ3v) is 1.51. The van der Waals surface area contributed by atoms with Crippen molar-refractivity contribution in [3.05, 3.63) is 18.2 Å². The third-order valence-electron chi connectivity index (χ3n) is 1.31. The van der Waals surface area contributed by atoms with Crippen molar-refractivity contribution < 1.29 is 0 Å². The van der Waals surface area contributed by atoms with Crippen LogP contribution in [0.2, 0.25) is 0 Å². The molecule has 1 aromatic heterocycles. The maximum Gasteiger partial charge on any atom is 0.122 e. The lowest BCUT2D eigenvalue weighted by atomic mass is 10.4. The summed E-state index contributed by atoms with van der Waals surface area (Å²) in [6.45, 7) is 2.87. The van der Waals surface area contributed by atoms with Gasteiger partial charge >= 0.3 is 0 Å². The van der Waals surface area contributed by atoms with Crippen LogP contribution in [0.5, 0.6) is 0 Å². The van der Waals surface area contributed by atoms with Crippen molar-refractivity contribution in [2.75, 3.05) is 0 Å². The van der Waals surface area contributed by atoms with Crippen LogP contribution < -0.4 is 5.73 Å². The van der Waals surface area contributed by atoms with Crippen LogP contribution >= 0.6 is 12.2 Å². The minimum atomic E-state index is 0.402. The lowest BCUT2D eigenvalue weighted by Crippen LogP contribution is -2.14. The van der Waals surface area contributed by atoms with E-state index in [1.807, 2.05) is 11.5 Å². The molecule has 0 saturated carbocycles. The lowest BCUT2D eigenvalue weighted by Gasteiger charge is -2.00. The van der Waals surface area contributed by atoms with E-state index in [0.717, 1.165) is 12.2 Å². The summed E-state index contributed by atoms with van der Waals surface area (Å²) in [5, 5.41) is 0. The summed E-state index contributed by atoms with van der Waals surface area (Å²) in [6, 6.07) is 0. The highest BCUT2D eigenvalue weighted by molar-refractivity contribution is 7.80. The smallest absolute Gasteiger partial charge is 0.122 e. The molecule has 0 radical (unpaired) electrons. The molecule has 1 rings (SSSR count). The minimum Gasteiger partial charge on any atom is -0.388 e. The molecule has 1 aromatic rings. The normalized spacial score (nSPS) is 9.70. The average Bonchev–Trinajstić information content (AvgIpc) is 2.33. The van der Waals surface area contributed by atoms with Crippen molar-refractivity contribution in [1.82, 2.24) is 9.55 Å². The van der Waals surface area contributed by atoms with Gasteiger partial charge in [0.05, 0.1) is 18.2 Å². The molecule has 0 aliphatic carbocycles. The number of hydrogen-bond acceptors (Lipinski definition) is 2. The Morgan fingerprint density at radius 1 is 1.90 bits per heavy atom. The molecular weight excluding hydrogens is 146 g/mol. The Labute approximate surface area is 64.9 Å². The van der Waals surface area contributed by atoms with Crippen LogP contribution in [0, 0.1) is 0 Å². The number of hydrogen-bond donors (Lipinski definition) is 1. The minimum absolute atomic E-state index is 0.402. The predicted molar refractivity (Wildman–Crippen MR) is 43.8 cm³/mol. The summed E-state index contributed by atoms with van der Waals surface area (Å²) >= 11 is 4.79. The number of nitrogens with zero attached hydrogens (tertiary/aromatic N) is 2. The Balaban J connectivity index is 3.01. The van der Waals surface area contributed by atoms with Gasteiger partial charge in [0.15, 0.2) is 0 Å². The largest absolute Gasteiger partial charge is 0.388 e. The second-order valence-corrected chi connectivity index (χ2v) is 2.37. The molecule has 0 aliphatic heterocycles. The molecule has 54 valence electrons. The molecule has 0 aromatic carbocycles. The molecule has 0 fully saturated rings. The monoisotopic (exact) mass is 155 g/mol. The lowest BCUT2D eigenvalue weighted by molar-refractivity contribution is 0.755. The van der Waals surface area contributed by atoms with Gasteiger partial charge in [-0.15, -0.1) is 0 Å². The zero-order valence-electron chi connectivity index (χ0n) is 5.74. The molecular formula is C6H9N3S. The van der Waals surface area contributed by atoms with E-state index in [4.69, 9.17) is 18.0 Å². The molecule has 1 heterocycles. The van der Waals surface area contributed by atoms with Crippen LogP contribution in [0.4, 0.5) is 0 Å². The molecule has 0 atom stereocenters. The standard InChI is InChI=1S/C6H9N3S/c1-2-9-4-8-3-5(9)6(7)10/h3-4H,2H2,1H3,(H2,7,10). The molecule has 0 amide bonds. The Morgan fingerprint density at radius 3 is 3.00 bits per heavy atom. The van der Waals surface area contributed by atoms with Crippen molar-refractivity contribution in [3.63, 3.8) is 0 Å². The highest BCUT2D eigenvalue weighted by Crippen LogP contribution is 1.97. The summed E-state index contributed by atoms with van der Waals surface area (Å²) in [7, 11) is 0. The molecule has 3 nitrogen and oxygen atoms in total. The van der Waals surface area contributed by atoms with Gasteiger partial charge in [-0.3, -0.25) is 0 Å². The first-order valence-corrected chi connectivity index (χ1v) is 3.46. The number of aromatic nitrogens is 2. The Kier molecular flexibility index (Phi) is 2.01. The van der Waals surface area contributed by atoms with Gasteiger partial charge in [0.1, 0.15) is 4.99 Å². The van der Waals surface area contributed by atoms with Crippen molar-refractivity contribution in [1.29, 1.82) is 0 Å². The zero-order valence-corrected chi connectivity index (χ0v) is 6.56. The second kappa shape index (κ2) is 2.79. The summed E-state index contributed by atoms with van der Waals surface area (Å²) in [6.07, 6.45) is 3.39.